The smallest absolute Gasteiger partial charge is 0.303 e. The summed E-state index contributed by atoms with van der Waals surface area (Å²) in [7, 11) is 0. The van der Waals surface area contributed by atoms with Gasteiger partial charge in [-0.05, 0) is 37.6 Å². The molecule has 1 aliphatic heterocycles. The van der Waals surface area contributed by atoms with E-state index in [1.165, 1.54) is 5.69 Å². The largest absolute Gasteiger partial charge is 0.481 e. The van der Waals surface area contributed by atoms with Crippen LogP contribution in [0.4, 0.5) is 5.69 Å². The van der Waals surface area contributed by atoms with Gasteiger partial charge in [0.1, 0.15) is 0 Å². The Hall–Kier alpha value is -1.07. The number of hydrogen-bond acceptors (Lipinski definition) is 3. The highest BCUT2D eigenvalue weighted by atomic mass is 79.9. The molecule has 0 bridgehead atoms. The fraction of sp³-hybridized carbons (Fsp3) is 0.533. The van der Waals surface area contributed by atoms with Gasteiger partial charge in [0, 0.05) is 42.8 Å². The van der Waals surface area contributed by atoms with Crippen molar-refractivity contribution in [3.63, 3.8) is 0 Å². The topological polar surface area (TPSA) is 43.8 Å². The molecule has 4 nitrogen and oxygen atoms in total. The maximum Gasteiger partial charge on any atom is 0.303 e. The predicted octanol–water partition coefficient (Wildman–Crippen LogP) is 2.83. The summed E-state index contributed by atoms with van der Waals surface area (Å²) >= 11 is 3.51. The second kappa shape index (κ2) is 7.64. The van der Waals surface area contributed by atoms with Gasteiger partial charge < -0.3 is 10.0 Å². The minimum absolute atomic E-state index is 0.290. The Morgan fingerprint density at radius 3 is 2.60 bits per heavy atom. The van der Waals surface area contributed by atoms with Crippen molar-refractivity contribution in [3.8, 4) is 0 Å². The molecule has 20 heavy (non-hydrogen) atoms. The van der Waals surface area contributed by atoms with E-state index >= 15 is 0 Å². The highest BCUT2D eigenvalue weighted by Gasteiger charge is 2.16. The summed E-state index contributed by atoms with van der Waals surface area (Å²) in [5.74, 6) is -0.690. The molecule has 0 unspecified atom stereocenters. The van der Waals surface area contributed by atoms with Crippen molar-refractivity contribution in [2.45, 2.75) is 19.3 Å². The van der Waals surface area contributed by atoms with Crippen LogP contribution in [0, 0.1) is 0 Å². The molecule has 1 heterocycles. The molecule has 1 N–H and O–H groups in total. The molecule has 5 heteroatoms. The quantitative estimate of drug-likeness (QED) is 0.808. The Labute approximate surface area is 128 Å². The Bertz CT molecular complexity index is 445. The standard InChI is InChI=1S/C15H21BrN2O2/c16-13-4-3-5-14(12-13)18-10-8-17(9-11-18)7-2-1-6-15(19)20/h3-5,12H,1-2,6-11H2,(H,19,20). The number of carbonyl (C=O) groups is 1. The van der Waals surface area contributed by atoms with Gasteiger partial charge in [0.15, 0.2) is 0 Å². The van der Waals surface area contributed by atoms with E-state index in [0.29, 0.717) is 0 Å². The van der Waals surface area contributed by atoms with Crippen molar-refractivity contribution in [2.75, 3.05) is 37.6 Å². The minimum atomic E-state index is -0.690. The van der Waals surface area contributed by atoms with Gasteiger partial charge in [0.2, 0.25) is 0 Å². The lowest BCUT2D eigenvalue weighted by Gasteiger charge is -2.36. The molecule has 110 valence electrons. The van der Waals surface area contributed by atoms with Crippen molar-refractivity contribution in [2.24, 2.45) is 0 Å². The van der Waals surface area contributed by atoms with Gasteiger partial charge in [-0.2, -0.15) is 0 Å². The number of unbranched alkanes of at least 4 members (excludes halogenated alkanes) is 1. The zero-order valence-corrected chi connectivity index (χ0v) is 13.2. The van der Waals surface area contributed by atoms with Gasteiger partial charge in [-0.15, -0.1) is 0 Å². The molecule has 1 aromatic rings. The molecule has 1 aliphatic rings. The number of carboxylic acids is 1. The van der Waals surface area contributed by atoms with E-state index in [0.717, 1.165) is 50.0 Å². The van der Waals surface area contributed by atoms with Crippen molar-refractivity contribution in [1.29, 1.82) is 0 Å². The maximum absolute atomic E-state index is 10.5. The third kappa shape index (κ3) is 4.80. The molecule has 0 aromatic heterocycles. The van der Waals surface area contributed by atoms with Gasteiger partial charge in [0.25, 0.3) is 0 Å². The van der Waals surface area contributed by atoms with Crippen LogP contribution >= 0.6 is 15.9 Å². The van der Waals surface area contributed by atoms with Crippen LogP contribution in [0.3, 0.4) is 0 Å². The highest BCUT2D eigenvalue weighted by Crippen LogP contribution is 2.21. The number of piperazine rings is 1. The van der Waals surface area contributed by atoms with Crippen LogP contribution < -0.4 is 4.90 Å². The molecular weight excluding hydrogens is 320 g/mol. The van der Waals surface area contributed by atoms with Gasteiger partial charge >= 0.3 is 5.97 Å². The van der Waals surface area contributed by atoms with Crippen LogP contribution in [0.5, 0.6) is 0 Å². The predicted molar refractivity (Wildman–Crippen MR) is 84.3 cm³/mol. The Morgan fingerprint density at radius 2 is 1.95 bits per heavy atom. The van der Waals surface area contributed by atoms with E-state index in [1.807, 2.05) is 6.07 Å². The van der Waals surface area contributed by atoms with E-state index < -0.39 is 5.97 Å². The summed E-state index contributed by atoms with van der Waals surface area (Å²) in [5, 5.41) is 8.61. The van der Waals surface area contributed by atoms with Gasteiger partial charge in [0.05, 0.1) is 0 Å². The second-order valence-electron chi connectivity index (χ2n) is 5.16. The molecule has 0 spiro atoms. The summed E-state index contributed by atoms with van der Waals surface area (Å²) in [6.07, 6.45) is 2.04. The number of aliphatic carboxylic acids is 1. The van der Waals surface area contributed by atoms with E-state index in [-0.39, 0.29) is 6.42 Å². The Morgan fingerprint density at radius 1 is 1.20 bits per heavy atom. The van der Waals surface area contributed by atoms with Crippen molar-refractivity contribution in [1.82, 2.24) is 4.90 Å². The van der Waals surface area contributed by atoms with Crippen molar-refractivity contribution in [3.05, 3.63) is 28.7 Å². The van der Waals surface area contributed by atoms with Crippen molar-refractivity contribution >= 4 is 27.6 Å². The lowest BCUT2D eigenvalue weighted by Crippen LogP contribution is -2.46. The number of anilines is 1. The average molecular weight is 341 g/mol. The molecule has 0 amide bonds. The first-order valence-electron chi connectivity index (χ1n) is 7.10. The van der Waals surface area contributed by atoms with E-state index in [4.69, 9.17) is 5.11 Å². The molecule has 0 radical (unpaired) electrons. The Kier molecular flexibility index (Phi) is 5.86. The lowest BCUT2D eigenvalue weighted by molar-refractivity contribution is -0.137. The first-order chi connectivity index (χ1) is 9.65. The van der Waals surface area contributed by atoms with Crippen LogP contribution in [0.25, 0.3) is 0 Å². The first-order valence-corrected chi connectivity index (χ1v) is 7.89. The van der Waals surface area contributed by atoms with Crippen LogP contribution in [0.2, 0.25) is 0 Å². The first kappa shape index (κ1) is 15.3. The highest BCUT2D eigenvalue weighted by molar-refractivity contribution is 9.10. The summed E-state index contributed by atoms with van der Waals surface area (Å²) < 4.78 is 1.12. The second-order valence-corrected chi connectivity index (χ2v) is 6.08. The van der Waals surface area contributed by atoms with Gasteiger partial charge in [-0.3, -0.25) is 9.69 Å². The number of nitrogens with zero attached hydrogens (tertiary/aromatic N) is 2. The fourth-order valence-electron chi connectivity index (χ4n) is 2.51. The summed E-state index contributed by atoms with van der Waals surface area (Å²) in [6, 6.07) is 8.41. The third-order valence-electron chi connectivity index (χ3n) is 3.66. The monoisotopic (exact) mass is 340 g/mol. The van der Waals surface area contributed by atoms with Gasteiger partial charge in [-0.1, -0.05) is 22.0 Å². The molecule has 1 fully saturated rings. The zero-order chi connectivity index (χ0) is 14.4. The average Bonchev–Trinajstić information content (AvgIpc) is 2.44. The van der Waals surface area contributed by atoms with Crippen LogP contribution in [0.15, 0.2) is 28.7 Å². The zero-order valence-electron chi connectivity index (χ0n) is 11.6. The van der Waals surface area contributed by atoms with Gasteiger partial charge in [-0.25, -0.2) is 0 Å². The molecule has 2 rings (SSSR count). The van der Waals surface area contributed by atoms with Crippen LogP contribution in [-0.2, 0) is 4.79 Å². The molecule has 1 saturated heterocycles. The number of carboxylic acid groups (broad SMARTS) is 1. The number of benzene rings is 1. The summed E-state index contributed by atoms with van der Waals surface area (Å²) in [5.41, 5.74) is 1.27. The summed E-state index contributed by atoms with van der Waals surface area (Å²) in [4.78, 5) is 15.3. The molecule has 1 aromatic carbocycles. The lowest BCUT2D eigenvalue weighted by atomic mass is 10.2. The third-order valence-corrected chi connectivity index (χ3v) is 4.15. The van der Waals surface area contributed by atoms with E-state index in [2.05, 4.69) is 43.9 Å². The number of rotatable bonds is 6. The maximum atomic E-state index is 10.5. The van der Waals surface area contributed by atoms with E-state index in [1.54, 1.807) is 0 Å². The van der Waals surface area contributed by atoms with E-state index in [9.17, 15) is 4.79 Å². The Balaban J connectivity index is 1.71. The minimum Gasteiger partial charge on any atom is -0.481 e. The van der Waals surface area contributed by atoms with Crippen molar-refractivity contribution < 1.29 is 9.90 Å². The molecule has 0 saturated carbocycles. The molecular formula is C15H21BrN2O2. The molecule has 0 atom stereocenters. The fourth-order valence-corrected chi connectivity index (χ4v) is 2.90. The van der Waals surface area contributed by atoms with Crippen LogP contribution in [0.1, 0.15) is 19.3 Å². The summed E-state index contributed by atoms with van der Waals surface area (Å²) in [6.45, 7) is 5.20. The van der Waals surface area contributed by atoms with Crippen LogP contribution in [-0.4, -0.2) is 48.7 Å². The normalized spacial score (nSPS) is 16.4. The molecule has 0 aliphatic carbocycles. The SMILES string of the molecule is O=C(O)CCCCN1CCN(c2cccc(Br)c2)CC1. The number of halogens is 1. The number of hydrogen-bond donors (Lipinski definition) is 1.